The van der Waals surface area contributed by atoms with Crippen LogP contribution in [0.5, 0.6) is 0 Å². The van der Waals surface area contributed by atoms with Crippen LogP contribution in [0.2, 0.25) is 0 Å². The monoisotopic (exact) mass is 452 g/mol. The van der Waals surface area contributed by atoms with E-state index in [9.17, 15) is 14.0 Å². The summed E-state index contributed by atoms with van der Waals surface area (Å²) in [5, 5.41) is 3.34. The van der Waals surface area contributed by atoms with E-state index in [4.69, 9.17) is 0 Å². The second kappa shape index (κ2) is 6.95. The standard InChI is InChI=1S/C23H18BrFN2O2/c24-14-10-17-20(27-22(28)15-8-4-5-9-16(15)23(27)29)12-19(13-6-2-1-3-7-13)26-21(17)18(25)11-14/h1-6,8-11,13,19-20,26H,7,12H2/t13?,19-,20-/m1/s1. The summed E-state index contributed by atoms with van der Waals surface area (Å²) in [6, 6.07) is 9.43. The molecule has 3 atom stereocenters. The normalized spacial score (nSPS) is 25.0. The minimum absolute atomic E-state index is 0.0892. The average molecular weight is 453 g/mol. The molecule has 146 valence electrons. The van der Waals surface area contributed by atoms with E-state index in [-0.39, 0.29) is 23.8 Å². The molecule has 0 spiro atoms. The van der Waals surface area contributed by atoms with Crippen molar-refractivity contribution in [2.75, 3.05) is 5.32 Å². The van der Waals surface area contributed by atoms with Crippen molar-refractivity contribution >= 4 is 33.4 Å². The molecule has 2 amide bonds. The number of allylic oxidation sites excluding steroid dienone is 3. The Kier molecular flexibility index (Phi) is 4.39. The fourth-order valence-electron chi connectivity index (χ4n) is 4.54. The van der Waals surface area contributed by atoms with Gasteiger partial charge in [-0.1, -0.05) is 52.4 Å². The fourth-order valence-corrected chi connectivity index (χ4v) is 4.98. The highest BCUT2D eigenvalue weighted by molar-refractivity contribution is 9.10. The van der Waals surface area contributed by atoms with Crippen molar-refractivity contribution < 1.29 is 14.0 Å². The van der Waals surface area contributed by atoms with Crippen molar-refractivity contribution in [3.8, 4) is 0 Å². The molecule has 0 saturated carbocycles. The molecule has 0 radical (unpaired) electrons. The van der Waals surface area contributed by atoms with Gasteiger partial charge in [0.2, 0.25) is 0 Å². The van der Waals surface area contributed by atoms with Crippen molar-refractivity contribution in [1.29, 1.82) is 0 Å². The van der Waals surface area contributed by atoms with E-state index in [0.29, 0.717) is 33.3 Å². The third-order valence-electron chi connectivity index (χ3n) is 5.92. The van der Waals surface area contributed by atoms with Crippen LogP contribution < -0.4 is 5.32 Å². The zero-order chi connectivity index (χ0) is 20.1. The number of hydrogen-bond acceptors (Lipinski definition) is 3. The number of nitrogens with zero attached hydrogens (tertiary/aromatic N) is 1. The van der Waals surface area contributed by atoms with Gasteiger partial charge in [0.15, 0.2) is 0 Å². The molecule has 1 aliphatic carbocycles. The highest BCUT2D eigenvalue weighted by atomic mass is 79.9. The summed E-state index contributed by atoms with van der Waals surface area (Å²) in [7, 11) is 0. The van der Waals surface area contributed by atoms with Crippen molar-refractivity contribution in [2.24, 2.45) is 5.92 Å². The van der Waals surface area contributed by atoms with Crippen LogP contribution in [0.15, 0.2) is 65.2 Å². The van der Waals surface area contributed by atoms with Crippen LogP contribution in [0.4, 0.5) is 10.1 Å². The van der Waals surface area contributed by atoms with E-state index < -0.39 is 11.9 Å². The lowest BCUT2D eigenvalue weighted by Gasteiger charge is -2.40. The highest BCUT2D eigenvalue weighted by Gasteiger charge is 2.44. The van der Waals surface area contributed by atoms with Crippen molar-refractivity contribution in [1.82, 2.24) is 4.90 Å². The molecule has 0 fully saturated rings. The summed E-state index contributed by atoms with van der Waals surface area (Å²) < 4.78 is 15.5. The molecule has 5 rings (SSSR count). The van der Waals surface area contributed by atoms with Gasteiger partial charge in [0, 0.05) is 22.0 Å². The molecule has 0 aromatic heterocycles. The minimum atomic E-state index is -0.532. The second-order valence-electron chi connectivity index (χ2n) is 7.59. The summed E-state index contributed by atoms with van der Waals surface area (Å²) in [5.74, 6) is -0.867. The maximum atomic E-state index is 14.9. The summed E-state index contributed by atoms with van der Waals surface area (Å²) in [6.45, 7) is 0. The predicted octanol–water partition coefficient (Wildman–Crippen LogP) is 5.24. The second-order valence-corrected chi connectivity index (χ2v) is 8.51. The Labute approximate surface area is 176 Å². The Morgan fingerprint density at radius 1 is 1.07 bits per heavy atom. The van der Waals surface area contributed by atoms with Crippen LogP contribution in [0.3, 0.4) is 0 Å². The van der Waals surface area contributed by atoms with Gasteiger partial charge in [-0.2, -0.15) is 0 Å². The van der Waals surface area contributed by atoms with Gasteiger partial charge in [0.25, 0.3) is 11.8 Å². The van der Waals surface area contributed by atoms with E-state index in [0.717, 1.165) is 6.42 Å². The van der Waals surface area contributed by atoms with Gasteiger partial charge in [0.1, 0.15) is 5.82 Å². The summed E-state index contributed by atoms with van der Waals surface area (Å²) >= 11 is 3.35. The van der Waals surface area contributed by atoms with Gasteiger partial charge in [0.05, 0.1) is 22.9 Å². The molecule has 1 unspecified atom stereocenters. The van der Waals surface area contributed by atoms with Gasteiger partial charge >= 0.3 is 0 Å². The average Bonchev–Trinajstić information content (AvgIpc) is 2.99. The number of amides is 2. The maximum Gasteiger partial charge on any atom is 0.262 e. The molecule has 2 heterocycles. The molecular formula is C23H18BrFN2O2. The quantitative estimate of drug-likeness (QED) is 0.633. The molecule has 4 nitrogen and oxygen atoms in total. The number of carbonyl (C=O) groups excluding carboxylic acids is 2. The first kappa shape index (κ1) is 18.3. The number of hydrogen-bond donors (Lipinski definition) is 1. The van der Waals surface area contributed by atoms with E-state index in [1.54, 1.807) is 30.3 Å². The predicted molar refractivity (Wildman–Crippen MR) is 112 cm³/mol. The van der Waals surface area contributed by atoms with Crippen LogP contribution in [0.25, 0.3) is 0 Å². The number of benzene rings is 2. The van der Waals surface area contributed by atoms with Crippen LogP contribution in [0, 0.1) is 11.7 Å². The topological polar surface area (TPSA) is 49.4 Å². The fraction of sp³-hybridized carbons (Fsp3) is 0.217. The molecule has 3 aliphatic rings. The molecule has 6 heteroatoms. The SMILES string of the molecule is O=C1c2ccccc2C(=O)N1[C@@H]1C[C@H](C2C=CC=CC2)Nc2c(F)cc(Br)cc21. The lowest BCUT2D eigenvalue weighted by atomic mass is 9.82. The lowest BCUT2D eigenvalue weighted by molar-refractivity contribution is 0.0562. The Morgan fingerprint density at radius 2 is 1.79 bits per heavy atom. The zero-order valence-corrected chi connectivity index (χ0v) is 17.0. The van der Waals surface area contributed by atoms with E-state index in [1.807, 2.05) is 12.2 Å². The molecule has 1 N–H and O–H groups in total. The zero-order valence-electron chi connectivity index (χ0n) is 15.4. The largest absolute Gasteiger partial charge is 0.379 e. The van der Waals surface area contributed by atoms with Crippen molar-refractivity contribution in [3.63, 3.8) is 0 Å². The molecule has 0 bridgehead atoms. The number of halogens is 2. The molecule has 2 aliphatic heterocycles. The first-order valence-corrected chi connectivity index (χ1v) is 10.4. The molecule has 0 saturated heterocycles. The van der Waals surface area contributed by atoms with Gasteiger partial charge in [-0.3, -0.25) is 14.5 Å². The van der Waals surface area contributed by atoms with Gasteiger partial charge in [-0.25, -0.2) is 4.39 Å². The number of carbonyl (C=O) groups is 2. The van der Waals surface area contributed by atoms with Crippen LogP contribution >= 0.6 is 15.9 Å². The highest BCUT2D eigenvalue weighted by Crippen LogP contribution is 2.44. The maximum absolute atomic E-state index is 14.9. The van der Waals surface area contributed by atoms with Gasteiger partial charge in [-0.05, 0) is 37.1 Å². The first-order valence-electron chi connectivity index (χ1n) is 9.60. The van der Waals surface area contributed by atoms with Crippen molar-refractivity contribution in [2.45, 2.75) is 24.9 Å². The van der Waals surface area contributed by atoms with E-state index in [1.165, 1.54) is 11.0 Å². The smallest absolute Gasteiger partial charge is 0.262 e. The van der Waals surface area contributed by atoms with Crippen LogP contribution in [-0.4, -0.2) is 22.8 Å². The van der Waals surface area contributed by atoms with Gasteiger partial charge < -0.3 is 5.32 Å². The number of rotatable bonds is 2. The Bertz CT molecular complexity index is 1060. The number of anilines is 1. The van der Waals surface area contributed by atoms with E-state index >= 15 is 0 Å². The van der Waals surface area contributed by atoms with Crippen LogP contribution in [-0.2, 0) is 0 Å². The minimum Gasteiger partial charge on any atom is -0.379 e. The number of nitrogens with one attached hydrogen (secondary N) is 1. The third kappa shape index (κ3) is 2.94. The Morgan fingerprint density at radius 3 is 2.45 bits per heavy atom. The Hall–Kier alpha value is -2.73. The first-order chi connectivity index (χ1) is 14.0. The Balaban J connectivity index is 1.60. The molecule has 2 aromatic rings. The van der Waals surface area contributed by atoms with Crippen molar-refractivity contribution in [3.05, 3.63) is 87.7 Å². The summed E-state index contributed by atoms with van der Waals surface area (Å²) in [6.07, 6.45) is 9.51. The summed E-state index contributed by atoms with van der Waals surface area (Å²) in [5.41, 5.74) is 1.81. The third-order valence-corrected chi connectivity index (χ3v) is 6.38. The lowest BCUT2D eigenvalue weighted by Crippen LogP contribution is -2.43. The summed E-state index contributed by atoms with van der Waals surface area (Å²) in [4.78, 5) is 27.6. The number of imide groups is 1. The number of fused-ring (bicyclic) bond motifs is 2. The molecule has 29 heavy (non-hydrogen) atoms. The van der Waals surface area contributed by atoms with E-state index in [2.05, 4.69) is 33.4 Å². The molecular weight excluding hydrogens is 435 g/mol. The van der Waals surface area contributed by atoms with Gasteiger partial charge in [-0.15, -0.1) is 0 Å². The molecule has 2 aromatic carbocycles. The van der Waals surface area contributed by atoms with Crippen LogP contribution in [0.1, 0.15) is 45.2 Å².